The third-order valence-electron chi connectivity index (χ3n) is 3.23. The summed E-state index contributed by atoms with van der Waals surface area (Å²) in [6, 6.07) is 10.6. The number of hydrogen-bond acceptors (Lipinski definition) is 3. The molecule has 0 bridgehead atoms. The molecule has 0 saturated heterocycles. The maximum atomic E-state index is 13.7. The van der Waals surface area contributed by atoms with Crippen LogP contribution in [0.5, 0.6) is 0 Å². The van der Waals surface area contributed by atoms with Gasteiger partial charge in [-0.25, -0.2) is 4.39 Å². The number of nitrogens with zero attached hydrogens (tertiary/aromatic N) is 1. The molecule has 0 saturated carbocycles. The van der Waals surface area contributed by atoms with Crippen molar-refractivity contribution in [3.63, 3.8) is 0 Å². The zero-order valence-electron chi connectivity index (χ0n) is 12.0. The highest BCUT2D eigenvalue weighted by Gasteiger charge is 2.14. The monoisotopic (exact) mass is 307 g/mol. The lowest BCUT2D eigenvalue weighted by Gasteiger charge is -2.17. The molecule has 1 unspecified atom stereocenters. The molecule has 1 N–H and O–H groups in total. The van der Waals surface area contributed by atoms with E-state index in [0.717, 1.165) is 9.75 Å². The van der Waals surface area contributed by atoms with Gasteiger partial charge in [-0.15, -0.1) is 11.3 Å². The normalized spacial score (nSPS) is 12.6. The maximum absolute atomic E-state index is 13.7. The largest absolute Gasteiger partial charge is 0.481 e. The molecule has 1 atom stereocenters. The van der Waals surface area contributed by atoms with Gasteiger partial charge in [-0.3, -0.25) is 4.79 Å². The third-order valence-corrected chi connectivity index (χ3v) is 4.34. The number of carbonyl (C=O) groups is 1. The Kier molecular flexibility index (Phi) is 5.09. The second-order valence-corrected chi connectivity index (χ2v) is 6.35. The predicted molar refractivity (Wildman–Crippen MR) is 82.8 cm³/mol. The standard InChI is InChI=1S/C16H18FNO2S/c1-11(16(19)20)9-18(2)10-12-7-8-15(21-12)13-5-3-4-6-14(13)17/h3-8,11H,9-10H2,1-2H3,(H,19,20). The minimum atomic E-state index is -0.792. The summed E-state index contributed by atoms with van der Waals surface area (Å²) >= 11 is 1.53. The molecule has 0 fully saturated rings. The molecule has 1 aromatic heterocycles. The number of hydrogen-bond donors (Lipinski definition) is 1. The Labute approximate surface area is 127 Å². The SMILES string of the molecule is CC(CN(C)Cc1ccc(-c2ccccc2F)s1)C(=O)O. The van der Waals surface area contributed by atoms with Crippen molar-refractivity contribution < 1.29 is 14.3 Å². The highest BCUT2D eigenvalue weighted by atomic mass is 32.1. The van der Waals surface area contributed by atoms with Crippen molar-refractivity contribution in [1.29, 1.82) is 0 Å². The van der Waals surface area contributed by atoms with Gasteiger partial charge >= 0.3 is 5.97 Å². The Balaban J connectivity index is 2.04. The van der Waals surface area contributed by atoms with Crippen LogP contribution in [0.15, 0.2) is 36.4 Å². The summed E-state index contributed by atoms with van der Waals surface area (Å²) in [5, 5.41) is 8.91. The van der Waals surface area contributed by atoms with Crippen molar-refractivity contribution in [3.05, 3.63) is 47.1 Å². The van der Waals surface area contributed by atoms with E-state index in [-0.39, 0.29) is 5.82 Å². The topological polar surface area (TPSA) is 40.5 Å². The molecule has 0 aliphatic rings. The van der Waals surface area contributed by atoms with Crippen LogP contribution < -0.4 is 0 Å². The van der Waals surface area contributed by atoms with Crippen molar-refractivity contribution in [2.24, 2.45) is 5.92 Å². The van der Waals surface area contributed by atoms with Gasteiger partial charge in [0.1, 0.15) is 5.82 Å². The average Bonchev–Trinajstić information content (AvgIpc) is 2.87. The van der Waals surface area contributed by atoms with Crippen LogP contribution in [-0.2, 0) is 11.3 Å². The molecular weight excluding hydrogens is 289 g/mol. The number of halogens is 1. The first-order valence-corrected chi connectivity index (χ1v) is 7.54. The average molecular weight is 307 g/mol. The van der Waals surface area contributed by atoms with Gasteiger partial charge < -0.3 is 10.0 Å². The first-order valence-electron chi connectivity index (χ1n) is 6.72. The predicted octanol–water partition coefficient (Wildman–Crippen LogP) is 3.71. The van der Waals surface area contributed by atoms with Gasteiger partial charge in [0.15, 0.2) is 0 Å². The number of carboxylic acids is 1. The summed E-state index contributed by atoms with van der Waals surface area (Å²) in [5.41, 5.74) is 0.607. The van der Waals surface area contributed by atoms with Crippen LogP contribution in [0.4, 0.5) is 4.39 Å². The van der Waals surface area contributed by atoms with Gasteiger partial charge in [0, 0.05) is 28.4 Å². The van der Waals surface area contributed by atoms with Crippen LogP contribution in [0.3, 0.4) is 0 Å². The van der Waals surface area contributed by atoms with E-state index in [1.165, 1.54) is 17.4 Å². The lowest BCUT2D eigenvalue weighted by Crippen LogP contribution is -2.27. The Morgan fingerprint density at radius 2 is 2.05 bits per heavy atom. The Morgan fingerprint density at radius 3 is 2.71 bits per heavy atom. The zero-order chi connectivity index (χ0) is 15.4. The number of carboxylic acid groups (broad SMARTS) is 1. The van der Waals surface area contributed by atoms with Gasteiger partial charge in [-0.2, -0.15) is 0 Å². The lowest BCUT2D eigenvalue weighted by molar-refractivity contribution is -0.141. The van der Waals surface area contributed by atoms with E-state index in [2.05, 4.69) is 0 Å². The molecule has 0 aliphatic heterocycles. The molecule has 0 spiro atoms. The van der Waals surface area contributed by atoms with Crippen LogP contribution in [0, 0.1) is 11.7 Å². The van der Waals surface area contributed by atoms with Gasteiger partial charge in [-0.05, 0) is 25.2 Å². The van der Waals surface area contributed by atoms with Gasteiger partial charge in [0.2, 0.25) is 0 Å². The van der Waals surface area contributed by atoms with Gasteiger partial charge in [0.25, 0.3) is 0 Å². The highest BCUT2D eigenvalue weighted by molar-refractivity contribution is 7.15. The Morgan fingerprint density at radius 1 is 1.33 bits per heavy atom. The molecule has 0 aliphatic carbocycles. The summed E-state index contributed by atoms with van der Waals surface area (Å²) in [4.78, 5) is 14.8. The van der Waals surface area contributed by atoms with Crippen molar-refractivity contribution >= 4 is 17.3 Å². The van der Waals surface area contributed by atoms with Crippen LogP contribution in [0.1, 0.15) is 11.8 Å². The minimum Gasteiger partial charge on any atom is -0.481 e. The molecule has 0 radical (unpaired) electrons. The summed E-state index contributed by atoms with van der Waals surface area (Å²) in [6.07, 6.45) is 0. The first kappa shape index (κ1) is 15.7. The number of aliphatic carboxylic acids is 1. The van der Waals surface area contributed by atoms with E-state index < -0.39 is 11.9 Å². The van der Waals surface area contributed by atoms with E-state index in [4.69, 9.17) is 5.11 Å². The van der Waals surface area contributed by atoms with Crippen LogP contribution in [0.2, 0.25) is 0 Å². The van der Waals surface area contributed by atoms with E-state index in [1.54, 1.807) is 19.1 Å². The number of benzene rings is 1. The minimum absolute atomic E-state index is 0.223. The Hall–Kier alpha value is -1.72. The maximum Gasteiger partial charge on any atom is 0.307 e. The smallest absolute Gasteiger partial charge is 0.307 e. The van der Waals surface area contributed by atoms with Crippen LogP contribution >= 0.6 is 11.3 Å². The highest BCUT2D eigenvalue weighted by Crippen LogP contribution is 2.30. The zero-order valence-corrected chi connectivity index (χ0v) is 12.9. The first-order chi connectivity index (χ1) is 9.97. The molecule has 2 rings (SSSR count). The van der Waals surface area contributed by atoms with E-state index in [9.17, 15) is 9.18 Å². The number of thiophene rings is 1. The van der Waals surface area contributed by atoms with Crippen molar-refractivity contribution in [3.8, 4) is 10.4 Å². The summed E-state index contributed by atoms with van der Waals surface area (Å²) in [6.45, 7) is 2.84. The molecule has 21 heavy (non-hydrogen) atoms. The fraction of sp³-hybridized carbons (Fsp3) is 0.312. The molecule has 1 aromatic carbocycles. The fourth-order valence-electron chi connectivity index (χ4n) is 2.14. The van der Waals surface area contributed by atoms with Crippen LogP contribution in [0.25, 0.3) is 10.4 Å². The molecular formula is C16H18FNO2S. The van der Waals surface area contributed by atoms with Gasteiger partial charge in [-0.1, -0.05) is 25.1 Å². The quantitative estimate of drug-likeness (QED) is 0.884. The molecule has 112 valence electrons. The van der Waals surface area contributed by atoms with Crippen LogP contribution in [-0.4, -0.2) is 29.6 Å². The van der Waals surface area contributed by atoms with Gasteiger partial charge in [0.05, 0.1) is 5.92 Å². The molecule has 3 nitrogen and oxygen atoms in total. The molecule has 1 heterocycles. The third kappa shape index (κ3) is 4.12. The Bertz CT molecular complexity index is 626. The van der Waals surface area contributed by atoms with Crippen molar-refractivity contribution in [1.82, 2.24) is 4.90 Å². The summed E-state index contributed by atoms with van der Waals surface area (Å²) in [5.74, 6) is -1.42. The van der Waals surface area contributed by atoms with E-state index in [0.29, 0.717) is 18.7 Å². The fourth-order valence-corrected chi connectivity index (χ4v) is 3.26. The van der Waals surface area contributed by atoms with E-state index >= 15 is 0 Å². The second-order valence-electron chi connectivity index (χ2n) is 5.18. The summed E-state index contributed by atoms with van der Waals surface area (Å²) in [7, 11) is 1.89. The van der Waals surface area contributed by atoms with E-state index in [1.807, 2.05) is 30.1 Å². The summed E-state index contributed by atoms with van der Waals surface area (Å²) < 4.78 is 13.7. The van der Waals surface area contributed by atoms with Crippen molar-refractivity contribution in [2.45, 2.75) is 13.5 Å². The lowest BCUT2D eigenvalue weighted by atomic mass is 10.1. The second kappa shape index (κ2) is 6.83. The molecule has 0 amide bonds. The molecule has 5 heteroatoms. The number of rotatable bonds is 6. The molecule has 2 aromatic rings. The van der Waals surface area contributed by atoms with Crippen molar-refractivity contribution in [2.75, 3.05) is 13.6 Å².